The molecule has 4 aromatic rings. The third-order valence-corrected chi connectivity index (χ3v) is 13.2. The quantitative estimate of drug-likeness (QED) is 0.158. The molecule has 0 amide bonds. The second kappa shape index (κ2) is 13.3. The molecule has 0 spiro atoms. The Labute approximate surface area is 302 Å². The third-order valence-electron chi connectivity index (χ3n) is 9.47. The largest absolute Gasteiger partial charge is 0.489 e. The Hall–Kier alpha value is -4.38. The molecule has 0 bridgehead atoms. The molecule has 2 aliphatic rings. The molecule has 0 saturated carbocycles. The Bertz CT molecular complexity index is 2330. The zero-order chi connectivity index (χ0) is 37.0. The van der Waals surface area contributed by atoms with Crippen LogP contribution in [0.4, 0.5) is 0 Å². The average Bonchev–Trinajstić information content (AvgIpc) is 3.01. The molecule has 2 aliphatic heterocycles. The van der Waals surface area contributed by atoms with Gasteiger partial charge in [-0.15, -0.1) is 3.63 Å². The van der Waals surface area contributed by atoms with Gasteiger partial charge in [0, 0.05) is 22.3 Å². The molecule has 0 fully saturated rings. The van der Waals surface area contributed by atoms with Crippen molar-refractivity contribution in [3.05, 3.63) is 111 Å². The number of fused-ring (bicyclic) bond motifs is 3. The fraction of sp³-hybridized carbons (Fsp3) is 0.317. The van der Waals surface area contributed by atoms with E-state index in [9.17, 15) is 16.8 Å². The average molecular weight is 729 g/mol. The van der Waals surface area contributed by atoms with Crippen LogP contribution in [0.3, 0.4) is 0 Å². The number of benzene rings is 4. The first-order valence-corrected chi connectivity index (χ1v) is 19.7. The standard InChI is InChI=1S/C41H44O8S2/c1-10-17-46-36-22-30(11-13-33(36)32-21-31-12-14-35-34(38(31)47-23-32)15-16-41(8,9)48-35)37-25(3)20-28(6)40(29(37)7)51(44,45)49-50(42,43)39-26(4)18-24(2)19-27(39)5/h10-14,18-22H,1,15-17,23H2,2-9H3. The van der Waals surface area contributed by atoms with Gasteiger partial charge in [-0.2, -0.15) is 16.8 Å². The van der Waals surface area contributed by atoms with Gasteiger partial charge in [-0.1, -0.05) is 48.6 Å². The molecular formula is C41H44O8S2. The van der Waals surface area contributed by atoms with Crippen molar-refractivity contribution in [1.82, 2.24) is 0 Å². The van der Waals surface area contributed by atoms with Crippen molar-refractivity contribution in [2.75, 3.05) is 13.2 Å². The van der Waals surface area contributed by atoms with E-state index in [4.69, 9.17) is 17.8 Å². The van der Waals surface area contributed by atoms with Gasteiger partial charge in [-0.3, -0.25) is 0 Å². The van der Waals surface area contributed by atoms with Gasteiger partial charge in [0.15, 0.2) is 0 Å². The van der Waals surface area contributed by atoms with Crippen LogP contribution in [0.1, 0.15) is 70.3 Å². The van der Waals surface area contributed by atoms with Gasteiger partial charge in [-0.25, -0.2) is 0 Å². The second-order valence-electron chi connectivity index (χ2n) is 14.1. The van der Waals surface area contributed by atoms with Crippen molar-refractivity contribution in [1.29, 1.82) is 0 Å². The van der Waals surface area contributed by atoms with E-state index < -0.39 is 20.2 Å². The summed E-state index contributed by atoms with van der Waals surface area (Å²) in [5.74, 6) is 2.27. The van der Waals surface area contributed by atoms with E-state index in [0.29, 0.717) is 45.7 Å². The van der Waals surface area contributed by atoms with E-state index in [0.717, 1.165) is 57.7 Å². The molecule has 0 atom stereocenters. The SMILES string of the molecule is C=CCOc1cc(-c2c(C)cc(C)c(S(=O)(=O)OS(=O)(=O)c3c(C)cc(C)cc3C)c2C)ccc1C1=Cc2ccc3c(c2OC1)CCC(C)(C)O3. The van der Waals surface area contributed by atoms with Crippen molar-refractivity contribution in [3.63, 3.8) is 0 Å². The van der Waals surface area contributed by atoms with E-state index in [2.05, 4.69) is 26.5 Å². The van der Waals surface area contributed by atoms with E-state index in [1.165, 1.54) is 0 Å². The molecular weight excluding hydrogens is 685 g/mol. The maximum atomic E-state index is 13.9. The van der Waals surface area contributed by atoms with Crippen LogP contribution in [0, 0.1) is 41.5 Å². The molecule has 6 rings (SSSR count). The van der Waals surface area contributed by atoms with Crippen LogP contribution in [0.25, 0.3) is 22.8 Å². The fourth-order valence-electron chi connectivity index (χ4n) is 7.51. The molecule has 268 valence electrons. The number of hydrogen-bond donors (Lipinski definition) is 0. The van der Waals surface area contributed by atoms with E-state index in [1.807, 2.05) is 44.2 Å². The molecule has 2 heterocycles. The minimum absolute atomic E-state index is 0.153. The molecule has 0 N–H and O–H groups in total. The number of ether oxygens (including phenoxy) is 3. The topological polar surface area (TPSA) is 105 Å². The molecule has 0 radical (unpaired) electrons. The predicted molar refractivity (Wildman–Crippen MR) is 201 cm³/mol. The lowest BCUT2D eigenvalue weighted by Crippen LogP contribution is -2.33. The highest BCUT2D eigenvalue weighted by atomic mass is 32.3. The minimum Gasteiger partial charge on any atom is -0.489 e. The smallest absolute Gasteiger partial charge is 0.312 e. The molecule has 51 heavy (non-hydrogen) atoms. The Morgan fingerprint density at radius 1 is 0.843 bits per heavy atom. The summed E-state index contributed by atoms with van der Waals surface area (Å²) in [4.78, 5) is -0.345. The zero-order valence-electron chi connectivity index (χ0n) is 30.4. The first-order valence-electron chi connectivity index (χ1n) is 16.9. The van der Waals surface area contributed by atoms with Crippen LogP contribution < -0.4 is 14.2 Å². The Morgan fingerprint density at radius 3 is 2.20 bits per heavy atom. The van der Waals surface area contributed by atoms with Crippen molar-refractivity contribution in [2.45, 2.75) is 83.6 Å². The predicted octanol–water partition coefficient (Wildman–Crippen LogP) is 8.90. The minimum atomic E-state index is -4.78. The van der Waals surface area contributed by atoms with Crippen molar-refractivity contribution in [3.8, 4) is 28.4 Å². The summed E-state index contributed by atoms with van der Waals surface area (Å²) < 4.78 is 78.6. The summed E-state index contributed by atoms with van der Waals surface area (Å²) in [6.07, 6.45) is 5.53. The number of aryl methyl sites for hydroxylation is 5. The summed E-state index contributed by atoms with van der Waals surface area (Å²) in [5.41, 5.74) is 8.13. The molecule has 0 aliphatic carbocycles. The highest BCUT2D eigenvalue weighted by molar-refractivity contribution is 8.00. The van der Waals surface area contributed by atoms with Gasteiger partial charge in [0.2, 0.25) is 0 Å². The third kappa shape index (κ3) is 6.97. The van der Waals surface area contributed by atoms with Crippen LogP contribution in [-0.2, 0) is 30.3 Å². The first kappa shape index (κ1) is 36.4. The maximum Gasteiger partial charge on any atom is 0.312 e. The normalized spacial score (nSPS) is 15.2. The highest BCUT2D eigenvalue weighted by Crippen LogP contribution is 2.45. The van der Waals surface area contributed by atoms with Crippen LogP contribution in [-0.4, -0.2) is 35.7 Å². The second-order valence-corrected chi connectivity index (χ2v) is 17.3. The monoisotopic (exact) mass is 728 g/mol. The van der Waals surface area contributed by atoms with Crippen molar-refractivity contribution in [2.24, 2.45) is 0 Å². The van der Waals surface area contributed by atoms with E-state index in [1.54, 1.807) is 52.0 Å². The first-order chi connectivity index (χ1) is 23.9. The molecule has 0 saturated heterocycles. The van der Waals surface area contributed by atoms with Crippen LogP contribution in [0.2, 0.25) is 0 Å². The van der Waals surface area contributed by atoms with Crippen molar-refractivity contribution < 1.29 is 34.7 Å². The Morgan fingerprint density at radius 2 is 1.51 bits per heavy atom. The van der Waals surface area contributed by atoms with Crippen molar-refractivity contribution >= 4 is 31.9 Å². The number of hydrogen-bond acceptors (Lipinski definition) is 8. The summed E-state index contributed by atoms with van der Waals surface area (Å²) in [7, 11) is -9.45. The van der Waals surface area contributed by atoms with Gasteiger partial charge >= 0.3 is 20.2 Å². The van der Waals surface area contributed by atoms with Crippen LogP contribution in [0.5, 0.6) is 17.2 Å². The number of rotatable bonds is 9. The van der Waals surface area contributed by atoms with Gasteiger partial charge < -0.3 is 14.2 Å². The summed E-state index contributed by atoms with van der Waals surface area (Å²) in [5, 5.41) is 0. The summed E-state index contributed by atoms with van der Waals surface area (Å²) in [6, 6.07) is 14.8. The lowest BCUT2D eigenvalue weighted by Gasteiger charge is -2.34. The molecule has 0 aromatic heterocycles. The molecule has 8 nitrogen and oxygen atoms in total. The van der Waals surface area contributed by atoms with Gasteiger partial charge in [-0.05, 0) is 131 Å². The zero-order valence-corrected chi connectivity index (χ0v) is 32.0. The summed E-state index contributed by atoms with van der Waals surface area (Å²) in [6.45, 7) is 18.8. The lowest BCUT2D eigenvalue weighted by molar-refractivity contribution is 0.0834. The van der Waals surface area contributed by atoms with Crippen LogP contribution in [0.15, 0.2) is 71.0 Å². The fourth-order valence-corrected chi connectivity index (χ4v) is 10.8. The maximum absolute atomic E-state index is 13.9. The Kier molecular flexibility index (Phi) is 9.50. The Balaban J connectivity index is 1.40. The van der Waals surface area contributed by atoms with E-state index in [-0.39, 0.29) is 22.0 Å². The van der Waals surface area contributed by atoms with Gasteiger partial charge in [0.05, 0.1) is 0 Å². The highest BCUT2D eigenvalue weighted by Gasteiger charge is 2.34. The van der Waals surface area contributed by atoms with E-state index >= 15 is 0 Å². The van der Waals surface area contributed by atoms with Gasteiger partial charge in [0.25, 0.3) is 0 Å². The van der Waals surface area contributed by atoms with Crippen LogP contribution >= 0.6 is 0 Å². The molecule has 4 aromatic carbocycles. The van der Waals surface area contributed by atoms with Gasteiger partial charge in [0.1, 0.15) is 45.9 Å². The lowest BCUT2D eigenvalue weighted by atomic mass is 9.90. The molecule has 10 heteroatoms. The molecule has 0 unspecified atom stereocenters. The summed E-state index contributed by atoms with van der Waals surface area (Å²) >= 11 is 0.